The lowest BCUT2D eigenvalue weighted by molar-refractivity contribution is -0.389. The standard InChI is InChI=1S/C10H7N5O2/c16-15(17)8-5-11-9(14-8)10-12-6-3-1-2-4-7(6)13-10/h1-5H,(H,11,14)(H,12,13). The first-order valence-electron chi connectivity index (χ1n) is 4.88. The number of imidazole rings is 2. The highest BCUT2D eigenvalue weighted by molar-refractivity contribution is 5.78. The molecule has 84 valence electrons. The number of hydrogen-bond acceptors (Lipinski definition) is 4. The molecule has 0 aliphatic heterocycles. The number of rotatable bonds is 2. The molecule has 7 nitrogen and oxygen atoms in total. The van der Waals surface area contributed by atoms with Gasteiger partial charge in [-0.2, -0.15) is 0 Å². The number of H-pyrrole nitrogens is 2. The Morgan fingerprint density at radius 1 is 1.18 bits per heavy atom. The lowest BCUT2D eigenvalue weighted by Gasteiger charge is -1.86. The van der Waals surface area contributed by atoms with Crippen LogP contribution in [0.25, 0.3) is 22.7 Å². The zero-order valence-electron chi connectivity index (χ0n) is 8.54. The fourth-order valence-electron chi connectivity index (χ4n) is 1.59. The van der Waals surface area contributed by atoms with E-state index in [1.807, 2.05) is 24.3 Å². The van der Waals surface area contributed by atoms with Crippen molar-refractivity contribution in [2.24, 2.45) is 0 Å². The minimum Gasteiger partial charge on any atom is -0.358 e. The van der Waals surface area contributed by atoms with E-state index in [4.69, 9.17) is 0 Å². The monoisotopic (exact) mass is 229 g/mol. The maximum atomic E-state index is 10.5. The molecule has 0 fully saturated rings. The van der Waals surface area contributed by atoms with Gasteiger partial charge in [-0.25, -0.2) is 15.0 Å². The molecule has 0 aliphatic rings. The Bertz CT molecular complexity index is 666. The van der Waals surface area contributed by atoms with Crippen LogP contribution in [-0.2, 0) is 0 Å². The van der Waals surface area contributed by atoms with Crippen molar-refractivity contribution in [2.75, 3.05) is 0 Å². The number of aromatic nitrogens is 4. The van der Waals surface area contributed by atoms with Crippen molar-refractivity contribution >= 4 is 16.9 Å². The Morgan fingerprint density at radius 2 is 2.00 bits per heavy atom. The van der Waals surface area contributed by atoms with Crippen LogP contribution in [-0.4, -0.2) is 24.9 Å². The molecular weight excluding hydrogens is 222 g/mol. The summed E-state index contributed by atoms with van der Waals surface area (Å²) in [6.07, 6.45) is 1.17. The van der Waals surface area contributed by atoms with Crippen LogP contribution in [0.5, 0.6) is 0 Å². The normalized spacial score (nSPS) is 10.8. The van der Waals surface area contributed by atoms with Gasteiger partial charge in [-0.15, -0.1) is 0 Å². The zero-order chi connectivity index (χ0) is 11.8. The van der Waals surface area contributed by atoms with Crippen molar-refractivity contribution in [2.45, 2.75) is 0 Å². The predicted octanol–water partition coefficient (Wildman–Crippen LogP) is 1.86. The number of aromatic amines is 2. The molecule has 0 saturated heterocycles. The fourth-order valence-corrected chi connectivity index (χ4v) is 1.59. The van der Waals surface area contributed by atoms with E-state index >= 15 is 0 Å². The van der Waals surface area contributed by atoms with Crippen molar-refractivity contribution in [3.8, 4) is 11.6 Å². The van der Waals surface area contributed by atoms with E-state index in [-0.39, 0.29) is 5.82 Å². The number of fused-ring (bicyclic) bond motifs is 1. The average Bonchev–Trinajstić information content (AvgIpc) is 2.95. The lowest BCUT2D eigenvalue weighted by atomic mass is 10.3. The number of nitrogens with zero attached hydrogens (tertiary/aromatic N) is 3. The summed E-state index contributed by atoms with van der Waals surface area (Å²) in [5.74, 6) is 0.688. The minimum absolute atomic E-state index is 0.152. The number of hydrogen-bond donors (Lipinski definition) is 2. The fraction of sp³-hybridized carbons (Fsp3) is 0. The van der Waals surface area contributed by atoms with Gasteiger partial charge in [-0.1, -0.05) is 12.1 Å². The van der Waals surface area contributed by atoms with E-state index < -0.39 is 4.92 Å². The summed E-state index contributed by atoms with van der Waals surface area (Å²) in [4.78, 5) is 23.8. The van der Waals surface area contributed by atoms with Gasteiger partial charge in [0.1, 0.15) is 6.20 Å². The molecular formula is C10H7N5O2. The summed E-state index contributed by atoms with van der Waals surface area (Å²) < 4.78 is 0. The Labute approximate surface area is 94.7 Å². The quantitative estimate of drug-likeness (QED) is 0.517. The third-order valence-corrected chi connectivity index (χ3v) is 2.37. The molecule has 0 unspecified atom stereocenters. The minimum atomic E-state index is -0.529. The third-order valence-electron chi connectivity index (χ3n) is 2.37. The zero-order valence-corrected chi connectivity index (χ0v) is 8.54. The van der Waals surface area contributed by atoms with Crippen LogP contribution < -0.4 is 0 Å². The largest absolute Gasteiger partial charge is 0.358 e. The molecule has 0 amide bonds. The molecule has 2 aromatic heterocycles. The number of nitro groups is 1. The Morgan fingerprint density at radius 3 is 2.71 bits per heavy atom. The smallest absolute Gasteiger partial charge is 0.341 e. The molecule has 7 heteroatoms. The van der Waals surface area contributed by atoms with Crippen molar-refractivity contribution in [1.29, 1.82) is 0 Å². The Kier molecular flexibility index (Phi) is 1.91. The second kappa shape index (κ2) is 3.41. The summed E-state index contributed by atoms with van der Waals surface area (Å²) in [6.45, 7) is 0. The van der Waals surface area contributed by atoms with Gasteiger partial charge in [0.2, 0.25) is 0 Å². The SMILES string of the molecule is O=[N+]([O-])c1cnc(-c2nc3ccccc3[nH]2)[nH]1. The lowest BCUT2D eigenvalue weighted by Crippen LogP contribution is -1.87. The van der Waals surface area contributed by atoms with E-state index in [2.05, 4.69) is 19.9 Å². The van der Waals surface area contributed by atoms with Crippen LogP contribution in [0.2, 0.25) is 0 Å². The van der Waals surface area contributed by atoms with Crippen LogP contribution in [0.1, 0.15) is 0 Å². The highest BCUT2D eigenvalue weighted by Crippen LogP contribution is 2.19. The summed E-state index contributed by atoms with van der Waals surface area (Å²) in [7, 11) is 0. The summed E-state index contributed by atoms with van der Waals surface area (Å²) in [5.41, 5.74) is 1.66. The van der Waals surface area contributed by atoms with Crippen LogP contribution >= 0.6 is 0 Å². The van der Waals surface area contributed by atoms with E-state index in [1.165, 1.54) is 6.20 Å². The molecule has 3 rings (SSSR count). The highest BCUT2D eigenvalue weighted by Gasteiger charge is 2.14. The van der Waals surface area contributed by atoms with Crippen LogP contribution in [0.3, 0.4) is 0 Å². The van der Waals surface area contributed by atoms with Crippen molar-refractivity contribution in [3.05, 3.63) is 40.6 Å². The Hall–Kier alpha value is -2.70. The number of nitrogens with one attached hydrogen (secondary N) is 2. The average molecular weight is 229 g/mol. The summed E-state index contributed by atoms with van der Waals surface area (Å²) in [6, 6.07) is 7.49. The van der Waals surface area contributed by atoms with E-state index in [0.29, 0.717) is 11.6 Å². The number of benzene rings is 1. The van der Waals surface area contributed by atoms with Crippen molar-refractivity contribution < 1.29 is 4.92 Å². The van der Waals surface area contributed by atoms with Gasteiger partial charge < -0.3 is 15.1 Å². The second-order valence-electron chi connectivity index (χ2n) is 3.48. The molecule has 3 aromatic rings. The van der Waals surface area contributed by atoms with Crippen LogP contribution in [0.15, 0.2) is 30.5 Å². The molecule has 0 saturated carbocycles. The van der Waals surface area contributed by atoms with Crippen LogP contribution in [0.4, 0.5) is 5.82 Å². The molecule has 0 bridgehead atoms. The van der Waals surface area contributed by atoms with E-state index in [0.717, 1.165) is 11.0 Å². The molecule has 2 heterocycles. The topological polar surface area (TPSA) is 100 Å². The summed E-state index contributed by atoms with van der Waals surface area (Å²) in [5, 5.41) is 10.5. The summed E-state index contributed by atoms with van der Waals surface area (Å²) >= 11 is 0. The first kappa shape index (κ1) is 9.52. The molecule has 0 atom stereocenters. The van der Waals surface area contributed by atoms with E-state index in [1.54, 1.807) is 0 Å². The highest BCUT2D eigenvalue weighted by atomic mass is 16.6. The molecule has 1 aromatic carbocycles. The maximum Gasteiger partial charge on any atom is 0.341 e. The van der Waals surface area contributed by atoms with Crippen molar-refractivity contribution in [3.63, 3.8) is 0 Å². The van der Waals surface area contributed by atoms with Gasteiger partial charge in [0.25, 0.3) is 5.82 Å². The van der Waals surface area contributed by atoms with E-state index in [9.17, 15) is 10.1 Å². The van der Waals surface area contributed by atoms with Gasteiger partial charge in [-0.05, 0) is 17.1 Å². The molecule has 17 heavy (non-hydrogen) atoms. The van der Waals surface area contributed by atoms with Gasteiger partial charge >= 0.3 is 5.82 Å². The molecule has 0 spiro atoms. The molecule has 2 N–H and O–H groups in total. The maximum absolute atomic E-state index is 10.5. The number of para-hydroxylation sites is 2. The van der Waals surface area contributed by atoms with Crippen molar-refractivity contribution in [1.82, 2.24) is 19.9 Å². The molecule has 0 aliphatic carbocycles. The molecule has 0 radical (unpaired) electrons. The first-order chi connectivity index (χ1) is 8.24. The first-order valence-corrected chi connectivity index (χ1v) is 4.88. The van der Waals surface area contributed by atoms with Gasteiger partial charge in [-0.3, -0.25) is 0 Å². The van der Waals surface area contributed by atoms with Gasteiger partial charge in [0.05, 0.1) is 11.0 Å². The predicted molar refractivity (Wildman–Crippen MR) is 60.3 cm³/mol. The van der Waals surface area contributed by atoms with Gasteiger partial charge in [0, 0.05) is 0 Å². The van der Waals surface area contributed by atoms with Crippen LogP contribution in [0, 0.1) is 10.1 Å². The van der Waals surface area contributed by atoms with Gasteiger partial charge in [0.15, 0.2) is 5.82 Å². The Balaban J connectivity index is 2.10. The third kappa shape index (κ3) is 1.53. The second-order valence-corrected chi connectivity index (χ2v) is 3.48.